The van der Waals surface area contributed by atoms with Gasteiger partial charge in [-0.2, -0.15) is 10.2 Å². The van der Waals surface area contributed by atoms with Crippen molar-refractivity contribution in [2.75, 3.05) is 0 Å². The number of rotatable bonds is 4. The molecule has 2 aromatic heterocycles. The highest BCUT2D eigenvalue weighted by Gasteiger charge is 2.15. The van der Waals surface area contributed by atoms with Gasteiger partial charge in [-0.05, 0) is 24.3 Å². The van der Waals surface area contributed by atoms with Gasteiger partial charge in [0.15, 0.2) is 5.76 Å². The van der Waals surface area contributed by atoms with Crippen LogP contribution in [0.2, 0.25) is 0 Å². The van der Waals surface area contributed by atoms with Gasteiger partial charge in [0.2, 0.25) is 5.96 Å². The molecule has 0 aliphatic carbocycles. The zero-order valence-electron chi connectivity index (χ0n) is 14.2. The minimum Gasteiger partial charge on any atom is -0.454 e. The van der Waals surface area contributed by atoms with E-state index in [1.807, 2.05) is 66.9 Å². The third-order valence-corrected chi connectivity index (χ3v) is 3.79. The van der Waals surface area contributed by atoms with Crippen molar-refractivity contribution < 1.29 is 4.42 Å². The van der Waals surface area contributed by atoms with E-state index in [-0.39, 0.29) is 18.4 Å². The molecule has 2 aromatic carbocycles. The van der Waals surface area contributed by atoms with E-state index in [0.29, 0.717) is 11.5 Å². The first-order chi connectivity index (χ1) is 12.7. The number of para-hydroxylation sites is 2. The number of guanidine groups is 1. The van der Waals surface area contributed by atoms with E-state index in [4.69, 9.17) is 15.9 Å². The standard InChI is InChI=1S/C19H16N6O.ClH/c20-19(21)23-22-11-14-12-25(15-7-2-1-3-8-15)24-18(14)17-10-13-6-4-5-9-16(13)26-17;/h1-12H,(H4,20,21,23);1H. The van der Waals surface area contributed by atoms with Crippen LogP contribution >= 0.6 is 12.4 Å². The Balaban J connectivity index is 0.00000210. The fourth-order valence-electron chi connectivity index (χ4n) is 2.64. The molecule has 4 rings (SSSR count). The largest absolute Gasteiger partial charge is 0.454 e. The van der Waals surface area contributed by atoms with Crippen LogP contribution in [0, 0.1) is 0 Å². The molecule has 136 valence electrons. The lowest BCUT2D eigenvalue weighted by Crippen LogP contribution is -2.21. The number of fused-ring (bicyclic) bond motifs is 1. The quantitative estimate of drug-likeness (QED) is 0.321. The van der Waals surface area contributed by atoms with Gasteiger partial charge in [0.25, 0.3) is 0 Å². The van der Waals surface area contributed by atoms with Gasteiger partial charge in [0.1, 0.15) is 11.3 Å². The summed E-state index contributed by atoms with van der Waals surface area (Å²) in [7, 11) is 0. The Kier molecular flexibility index (Phi) is 5.23. The van der Waals surface area contributed by atoms with Crippen LogP contribution in [-0.4, -0.2) is 22.0 Å². The fourth-order valence-corrected chi connectivity index (χ4v) is 2.64. The molecule has 0 amide bonds. The maximum Gasteiger partial charge on any atom is 0.211 e. The number of hydrogen-bond donors (Lipinski definition) is 2. The summed E-state index contributed by atoms with van der Waals surface area (Å²) in [5, 5.41) is 13.2. The predicted molar refractivity (Wildman–Crippen MR) is 109 cm³/mol. The van der Waals surface area contributed by atoms with Gasteiger partial charge < -0.3 is 15.9 Å². The summed E-state index contributed by atoms with van der Waals surface area (Å²) in [4.78, 5) is 0. The topological polar surface area (TPSA) is 108 Å². The maximum atomic E-state index is 5.95. The Hall–Kier alpha value is -3.58. The molecule has 7 nitrogen and oxygen atoms in total. The number of hydrogen-bond acceptors (Lipinski definition) is 4. The van der Waals surface area contributed by atoms with Gasteiger partial charge in [-0.25, -0.2) is 4.68 Å². The maximum absolute atomic E-state index is 5.95. The van der Waals surface area contributed by atoms with Gasteiger partial charge in [0, 0.05) is 17.1 Å². The van der Waals surface area contributed by atoms with Crippen LogP contribution in [0.4, 0.5) is 0 Å². The molecule has 0 aliphatic rings. The third-order valence-electron chi connectivity index (χ3n) is 3.79. The van der Waals surface area contributed by atoms with Crippen LogP contribution in [0.1, 0.15) is 5.56 Å². The summed E-state index contributed by atoms with van der Waals surface area (Å²) in [5.74, 6) is 0.536. The monoisotopic (exact) mass is 380 g/mol. The van der Waals surface area contributed by atoms with Crippen LogP contribution in [0.3, 0.4) is 0 Å². The average molecular weight is 381 g/mol. The van der Waals surface area contributed by atoms with Crippen molar-refractivity contribution in [3.8, 4) is 17.1 Å². The third kappa shape index (κ3) is 3.83. The molecule has 0 aliphatic heterocycles. The number of benzene rings is 2. The number of nitrogens with two attached hydrogens (primary N) is 2. The Morgan fingerprint density at radius 3 is 2.52 bits per heavy atom. The van der Waals surface area contributed by atoms with Crippen molar-refractivity contribution in [2.45, 2.75) is 0 Å². The highest BCUT2D eigenvalue weighted by atomic mass is 35.5. The van der Waals surface area contributed by atoms with Crippen molar-refractivity contribution in [3.63, 3.8) is 0 Å². The fraction of sp³-hybridized carbons (Fsp3) is 0. The number of nitrogens with zero attached hydrogens (tertiary/aromatic N) is 4. The molecule has 0 unspecified atom stereocenters. The summed E-state index contributed by atoms with van der Waals surface area (Å²) in [6.07, 6.45) is 3.40. The van der Waals surface area contributed by atoms with E-state index < -0.39 is 0 Å². The molecule has 4 N–H and O–H groups in total. The summed E-state index contributed by atoms with van der Waals surface area (Å²) in [6.45, 7) is 0. The first kappa shape index (κ1) is 18.2. The van der Waals surface area contributed by atoms with Gasteiger partial charge in [-0.15, -0.1) is 17.5 Å². The Morgan fingerprint density at radius 2 is 1.78 bits per heavy atom. The molecular formula is C19H17ClN6O. The first-order valence-electron chi connectivity index (χ1n) is 7.97. The van der Waals surface area contributed by atoms with E-state index in [1.54, 1.807) is 10.9 Å². The van der Waals surface area contributed by atoms with Crippen molar-refractivity contribution in [1.82, 2.24) is 9.78 Å². The average Bonchev–Trinajstić information content (AvgIpc) is 3.26. The summed E-state index contributed by atoms with van der Waals surface area (Å²) in [5.41, 5.74) is 13.8. The molecule has 27 heavy (non-hydrogen) atoms. The molecule has 0 saturated heterocycles. The molecule has 8 heteroatoms. The summed E-state index contributed by atoms with van der Waals surface area (Å²) < 4.78 is 7.71. The molecule has 0 fully saturated rings. The van der Waals surface area contributed by atoms with E-state index in [9.17, 15) is 0 Å². The molecule has 0 bridgehead atoms. The van der Waals surface area contributed by atoms with Crippen LogP contribution in [0.5, 0.6) is 0 Å². The number of aromatic nitrogens is 2. The lowest BCUT2D eigenvalue weighted by Gasteiger charge is -1.98. The highest BCUT2D eigenvalue weighted by molar-refractivity contribution is 5.91. The normalized spacial score (nSPS) is 10.8. The SMILES string of the molecule is Cl.NC(N)=NN=Cc1cn(-c2ccccc2)nc1-c1cc2ccccc2o1. The molecule has 2 heterocycles. The second-order valence-corrected chi connectivity index (χ2v) is 5.63. The molecule has 0 radical (unpaired) electrons. The Morgan fingerprint density at radius 1 is 1.04 bits per heavy atom. The highest BCUT2D eigenvalue weighted by Crippen LogP contribution is 2.29. The second kappa shape index (κ2) is 7.76. The van der Waals surface area contributed by atoms with Crippen LogP contribution < -0.4 is 11.5 Å². The predicted octanol–water partition coefficient (Wildman–Crippen LogP) is 3.31. The number of halogens is 1. The van der Waals surface area contributed by atoms with Crippen molar-refractivity contribution in [3.05, 3.63) is 72.4 Å². The van der Waals surface area contributed by atoms with E-state index in [0.717, 1.165) is 22.2 Å². The van der Waals surface area contributed by atoms with Crippen LogP contribution in [0.25, 0.3) is 28.1 Å². The Labute approximate surface area is 161 Å². The van der Waals surface area contributed by atoms with Crippen molar-refractivity contribution >= 4 is 35.6 Å². The van der Waals surface area contributed by atoms with Gasteiger partial charge in [-0.3, -0.25) is 0 Å². The molecule has 4 aromatic rings. The van der Waals surface area contributed by atoms with Gasteiger partial charge in [0.05, 0.1) is 11.9 Å². The van der Waals surface area contributed by atoms with Crippen molar-refractivity contribution in [2.24, 2.45) is 21.7 Å². The van der Waals surface area contributed by atoms with E-state index in [2.05, 4.69) is 15.3 Å². The number of furan rings is 1. The van der Waals surface area contributed by atoms with Crippen molar-refractivity contribution in [1.29, 1.82) is 0 Å². The molecule has 0 saturated carbocycles. The smallest absolute Gasteiger partial charge is 0.211 e. The zero-order chi connectivity index (χ0) is 17.9. The Bertz CT molecular complexity index is 1080. The lowest BCUT2D eigenvalue weighted by molar-refractivity contribution is 0.627. The van der Waals surface area contributed by atoms with Gasteiger partial charge in [-0.1, -0.05) is 36.4 Å². The first-order valence-corrected chi connectivity index (χ1v) is 7.97. The zero-order valence-corrected chi connectivity index (χ0v) is 15.0. The minimum absolute atomic E-state index is 0. The molecule has 0 atom stereocenters. The van der Waals surface area contributed by atoms with E-state index in [1.165, 1.54) is 0 Å². The van der Waals surface area contributed by atoms with Crippen LogP contribution in [0.15, 0.2) is 81.5 Å². The summed E-state index contributed by atoms with van der Waals surface area (Å²) in [6, 6.07) is 19.5. The van der Waals surface area contributed by atoms with Crippen LogP contribution in [-0.2, 0) is 0 Å². The molecule has 0 spiro atoms. The lowest BCUT2D eigenvalue weighted by atomic mass is 10.2. The summed E-state index contributed by atoms with van der Waals surface area (Å²) >= 11 is 0. The van der Waals surface area contributed by atoms with E-state index >= 15 is 0 Å². The molecular weight excluding hydrogens is 364 g/mol. The minimum atomic E-state index is -0.109. The second-order valence-electron chi connectivity index (χ2n) is 5.63. The van der Waals surface area contributed by atoms with Gasteiger partial charge >= 0.3 is 0 Å².